The highest BCUT2D eigenvalue weighted by Crippen LogP contribution is 2.12. The number of fused-ring (bicyclic) bond motifs is 1. The van der Waals surface area contributed by atoms with E-state index in [9.17, 15) is 4.79 Å². The van der Waals surface area contributed by atoms with E-state index in [0.29, 0.717) is 6.61 Å². The second-order valence-electron chi connectivity index (χ2n) is 5.51. The zero-order valence-electron chi connectivity index (χ0n) is 13.2. The van der Waals surface area contributed by atoms with Gasteiger partial charge < -0.3 is 13.9 Å². The Morgan fingerprint density at radius 2 is 1.87 bits per heavy atom. The highest BCUT2D eigenvalue weighted by molar-refractivity contribution is 5.71. The van der Waals surface area contributed by atoms with Gasteiger partial charge in [0.05, 0.1) is 19.7 Å². The van der Waals surface area contributed by atoms with Crippen LogP contribution < -0.4 is 4.57 Å². The Labute approximate surface area is 135 Å². The minimum Gasteiger partial charge on any atom is -0.466 e. The number of benzene rings is 2. The molecule has 0 saturated carbocycles. The van der Waals surface area contributed by atoms with Crippen LogP contribution in [0, 0.1) is 6.33 Å². The zero-order valence-corrected chi connectivity index (χ0v) is 13.2. The van der Waals surface area contributed by atoms with Crippen LogP contribution in [0.5, 0.6) is 0 Å². The molecule has 0 spiro atoms. The summed E-state index contributed by atoms with van der Waals surface area (Å²) in [7, 11) is 0. The summed E-state index contributed by atoms with van der Waals surface area (Å²) in [5, 5.41) is 0. The third-order valence-electron chi connectivity index (χ3n) is 3.72. The fraction of sp³-hybridized carbons (Fsp3) is 0.263. The fourth-order valence-electron chi connectivity index (χ4n) is 2.67. The van der Waals surface area contributed by atoms with E-state index in [0.717, 1.165) is 30.5 Å². The normalized spacial score (nSPS) is 10.8. The minimum absolute atomic E-state index is 0.231. The molecule has 23 heavy (non-hydrogen) atoms. The number of rotatable bonds is 6. The van der Waals surface area contributed by atoms with E-state index in [1.54, 1.807) is 0 Å². The van der Waals surface area contributed by atoms with Gasteiger partial charge in [-0.1, -0.05) is 54.6 Å². The van der Waals surface area contributed by atoms with Gasteiger partial charge in [-0.3, -0.25) is 4.79 Å². The average molecular weight is 308 g/mol. The van der Waals surface area contributed by atoms with E-state index < -0.39 is 0 Å². The largest absolute Gasteiger partial charge is 0.466 e. The number of imidazole rings is 1. The predicted octanol–water partition coefficient (Wildman–Crippen LogP) is 2.73. The highest BCUT2D eigenvalue weighted by atomic mass is 16.5. The molecule has 0 saturated heterocycles. The molecule has 3 aromatic rings. The molecule has 1 heterocycles. The van der Waals surface area contributed by atoms with Gasteiger partial charge in [0.2, 0.25) is 6.33 Å². The molecule has 0 atom stereocenters. The summed E-state index contributed by atoms with van der Waals surface area (Å²) in [5.41, 5.74) is 3.55. The number of carbonyl (C=O) groups excluding carboxylic acids is 1. The van der Waals surface area contributed by atoms with Crippen molar-refractivity contribution < 1.29 is 14.1 Å². The molecular formula is C19H20N2O2. The molecule has 0 radical (unpaired) electrons. The lowest BCUT2D eigenvalue weighted by Crippen LogP contribution is -2.33. The molecule has 0 aliphatic carbocycles. The van der Waals surface area contributed by atoms with E-state index >= 15 is 0 Å². The quantitative estimate of drug-likeness (QED) is 0.304. The van der Waals surface area contributed by atoms with Crippen LogP contribution in [0.3, 0.4) is 0 Å². The Morgan fingerprint density at radius 3 is 2.65 bits per heavy atom. The van der Waals surface area contributed by atoms with Crippen molar-refractivity contribution in [3.8, 4) is 0 Å². The van der Waals surface area contributed by atoms with Crippen molar-refractivity contribution in [2.45, 2.75) is 26.4 Å². The van der Waals surface area contributed by atoms with Gasteiger partial charge in [-0.05, 0) is 5.56 Å². The maximum absolute atomic E-state index is 10.8. The number of hydrogen-bond donors (Lipinski definition) is 0. The summed E-state index contributed by atoms with van der Waals surface area (Å²) in [6.45, 7) is 3.44. The van der Waals surface area contributed by atoms with Gasteiger partial charge in [0.15, 0.2) is 0 Å². The maximum Gasteiger partial charge on any atom is 0.302 e. The molecule has 0 N–H and O–H groups in total. The third-order valence-corrected chi connectivity index (χ3v) is 3.72. The Morgan fingerprint density at radius 1 is 1.13 bits per heavy atom. The van der Waals surface area contributed by atoms with Crippen molar-refractivity contribution in [1.29, 1.82) is 0 Å². The second kappa shape index (κ2) is 7.09. The standard InChI is InChI=1S/C19H20N2O2/c1-16(22)23-13-7-12-20-15-21(14-17-8-3-2-4-9-17)19-11-6-5-10-18(19)20/h2-6,8-11H,7,12-14H2,1H3. The summed E-state index contributed by atoms with van der Waals surface area (Å²) in [6, 6.07) is 18.6. The number of ether oxygens (including phenoxy) is 1. The van der Waals surface area contributed by atoms with Crippen molar-refractivity contribution >= 4 is 17.0 Å². The fourth-order valence-corrected chi connectivity index (χ4v) is 2.67. The third kappa shape index (κ3) is 3.77. The molecule has 0 aliphatic rings. The van der Waals surface area contributed by atoms with Crippen LogP contribution in [-0.2, 0) is 22.6 Å². The number of esters is 1. The van der Waals surface area contributed by atoms with Crippen molar-refractivity contribution in [3.63, 3.8) is 0 Å². The Kier molecular flexibility index (Phi) is 4.71. The molecule has 3 rings (SSSR count). The molecule has 0 fully saturated rings. The number of nitrogens with zero attached hydrogens (tertiary/aromatic N) is 2. The molecule has 4 heteroatoms. The molecule has 0 aliphatic heterocycles. The second-order valence-corrected chi connectivity index (χ2v) is 5.51. The summed E-state index contributed by atoms with van der Waals surface area (Å²) in [5.74, 6) is -0.231. The van der Waals surface area contributed by atoms with Crippen molar-refractivity contribution in [3.05, 3.63) is 66.5 Å². The lowest BCUT2D eigenvalue weighted by Gasteiger charge is -2.04. The Bertz CT molecular complexity index is 793. The van der Waals surface area contributed by atoms with Crippen molar-refractivity contribution in [2.24, 2.45) is 0 Å². The molecule has 0 bridgehead atoms. The molecule has 118 valence electrons. The number of carbonyl (C=O) groups is 1. The van der Waals surface area contributed by atoms with Gasteiger partial charge in [0.1, 0.15) is 0 Å². The van der Waals surface area contributed by atoms with Gasteiger partial charge >= 0.3 is 5.97 Å². The number of hydrogen-bond acceptors (Lipinski definition) is 2. The summed E-state index contributed by atoms with van der Waals surface area (Å²) < 4.78 is 9.24. The van der Waals surface area contributed by atoms with E-state index in [1.807, 2.05) is 30.3 Å². The minimum atomic E-state index is -0.231. The van der Waals surface area contributed by atoms with E-state index in [4.69, 9.17) is 4.74 Å². The van der Waals surface area contributed by atoms with Crippen LogP contribution >= 0.6 is 0 Å². The molecular weight excluding hydrogens is 288 g/mol. The van der Waals surface area contributed by atoms with E-state index in [1.165, 1.54) is 12.5 Å². The topological polar surface area (TPSA) is 35.1 Å². The van der Waals surface area contributed by atoms with Crippen molar-refractivity contribution in [2.75, 3.05) is 6.61 Å². The van der Waals surface area contributed by atoms with Crippen LogP contribution in [-0.4, -0.2) is 17.1 Å². The SMILES string of the molecule is CC(=O)OCCCn1[c-][n+](Cc2ccccc2)c2ccccc21. The van der Waals surface area contributed by atoms with Gasteiger partial charge in [0.25, 0.3) is 0 Å². The van der Waals surface area contributed by atoms with Gasteiger partial charge in [-0.15, -0.1) is 0 Å². The van der Waals surface area contributed by atoms with E-state index in [2.05, 4.69) is 39.7 Å². The van der Waals surface area contributed by atoms with Crippen LogP contribution in [0.1, 0.15) is 18.9 Å². The monoisotopic (exact) mass is 308 g/mol. The Hall–Kier alpha value is -2.62. The first kappa shape index (κ1) is 15.3. The first-order valence-corrected chi connectivity index (χ1v) is 7.82. The first-order chi connectivity index (χ1) is 11.2. The van der Waals surface area contributed by atoms with Crippen LogP contribution in [0.25, 0.3) is 11.0 Å². The zero-order chi connectivity index (χ0) is 16.1. The summed E-state index contributed by atoms with van der Waals surface area (Å²) in [6.07, 6.45) is 4.20. The van der Waals surface area contributed by atoms with Crippen LogP contribution in [0.4, 0.5) is 0 Å². The number of aryl methyl sites for hydroxylation is 1. The first-order valence-electron chi connectivity index (χ1n) is 7.82. The molecule has 2 aromatic carbocycles. The van der Waals surface area contributed by atoms with Crippen LogP contribution in [0.15, 0.2) is 54.6 Å². The highest BCUT2D eigenvalue weighted by Gasteiger charge is 2.07. The van der Waals surface area contributed by atoms with Gasteiger partial charge in [-0.2, -0.15) is 0 Å². The molecule has 1 aromatic heterocycles. The summed E-state index contributed by atoms with van der Waals surface area (Å²) in [4.78, 5) is 10.8. The lowest BCUT2D eigenvalue weighted by molar-refractivity contribution is -0.667. The molecule has 0 unspecified atom stereocenters. The number of para-hydroxylation sites is 2. The molecule has 4 nitrogen and oxygen atoms in total. The maximum atomic E-state index is 10.8. The van der Waals surface area contributed by atoms with E-state index in [-0.39, 0.29) is 5.97 Å². The van der Waals surface area contributed by atoms with Gasteiger partial charge in [0, 0.05) is 24.4 Å². The number of aromatic nitrogens is 2. The van der Waals surface area contributed by atoms with Gasteiger partial charge in [-0.25, -0.2) is 0 Å². The predicted molar refractivity (Wildman–Crippen MR) is 87.8 cm³/mol. The molecule has 0 amide bonds. The lowest BCUT2D eigenvalue weighted by atomic mass is 10.2. The summed E-state index contributed by atoms with van der Waals surface area (Å²) >= 11 is 0. The smallest absolute Gasteiger partial charge is 0.302 e. The van der Waals surface area contributed by atoms with Crippen molar-refractivity contribution in [1.82, 2.24) is 4.57 Å². The van der Waals surface area contributed by atoms with Crippen LogP contribution in [0.2, 0.25) is 0 Å². The average Bonchev–Trinajstić information content (AvgIpc) is 2.91. The Balaban J connectivity index is 1.80.